The number of allylic oxidation sites excluding steroid dienone is 12. The van der Waals surface area contributed by atoms with Crippen LogP contribution in [-0.2, 0) is 27.9 Å². The van der Waals surface area contributed by atoms with Gasteiger partial charge in [0.05, 0.1) is 19.8 Å². The molecule has 0 rings (SSSR count). The zero-order valence-corrected chi connectivity index (χ0v) is 43.1. The molecule has 0 heterocycles. The van der Waals surface area contributed by atoms with Crippen molar-refractivity contribution in [1.29, 1.82) is 0 Å². The Morgan fingerprint density at radius 1 is 0.477 bits per heavy atom. The van der Waals surface area contributed by atoms with Gasteiger partial charge < -0.3 is 20.1 Å². The minimum absolute atomic E-state index is 0.0909. The van der Waals surface area contributed by atoms with Crippen LogP contribution in [0.3, 0.4) is 0 Å². The van der Waals surface area contributed by atoms with Crippen LogP contribution in [0.15, 0.2) is 72.9 Å². The van der Waals surface area contributed by atoms with Crippen molar-refractivity contribution in [1.82, 2.24) is 0 Å². The number of hydrogen-bond acceptors (Lipinski definition) is 7. The van der Waals surface area contributed by atoms with Crippen molar-refractivity contribution in [3.63, 3.8) is 0 Å². The normalized spacial score (nSPS) is 13.8. The lowest BCUT2D eigenvalue weighted by Crippen LogP contribution is -2.28. The first-order chi connectivity index (χ1) is 31.9. The molecule has 2 unspecified atom stereocenters. The Labute approximate surface area is 401 Å². The number of unbranched alkanes of at least 4 members (excludes halogenated alkanes) is 26. The highest BCUT2D eigenvalue weighted by atomic mass is 31.2. The van der Waals surface area contributed by atoms with Gasteiger partial charge in [-0.25, -0.2) is 4.57 Å². The molecule has 8 nitrogen and oxygen atoms in total. The summed E-state index contributed by atoms with van der Waals surface area (Å²) in [5.41, 5.74) is 5.39. The molecular formula is C56H102NO7P. The highest BCUT2D eigenvalue weighted by molar-refractivity contribution is 7.47. The molecule has 65 heavy (non-hydrogen) atoms. The van der Waals surface area contributed by atoms with E-state index < -0.39 is 13.9 Å². The van der Waals surface area contributed by atoms with E-state index in [-0.39, 0.29) is 38.8 Å². The fourth-order valence-electron chi connectivity index (χ4n) is 7.47. The number of phosphoric acid groups is 1. The fourth-order valence-corrected chi connectivity index (χ4v) is 8.24. The Kier molecular flexibility index (Phi) is 51.2. The third-order valence-corrected chi connectivity index (χ3v) is 12.4. The second kappa shape index (κ2) is 52.9. The summed E-state index contributed by atoms with van der Waals surface area (Å²) in [5, 5.41) is 0. The molecule has 2 atom stereocenters. The first-order valence-corrected chi connectivity index (χ1v) is 28.4. The van der Waals surface area contributed by atoms with Crippen LogP contribution < -0.4 is 5.73 Å². The summed E-state index contributed by atoms with van der Waals surface area (Å²) in [5.74, 6) is -0.370. The van der Waals surface area contributed by atoms with E-state index in [1.165, 1.54) is 148 Å². The van der Waals surface area contributed by atoms with E-state index in [0.29, 0.717) is 13.0 Å². The number of carbonyl (C=O) groups excluding carboxylic acids is 1. The van der Waals surface area contributed by atoms with Gasteiger partial charge >= 0.3 is 13.8 Å². The second-order valence-electron chi connectivity index (χ2n) is 17.7. The molecule has 0 radical (unpaired) electrons. The molecule has 0 aliphatic carbocycles. The largest absolute Gasteiger partial charge is 0.472 e. The zero-order valence-electron chi connectivity index (χ0n) is 42.2. The molecule has 0 aromatic heterocycles. The van der Waals surface area contributed by atoms with Crippen LogP contribution >= 0.6 is 7.82 Å². The molecule has 3 N–H and O–H groups in total. The Hall–Kier alpha value is -2.06. The van der Waals surface area contributed by atoms with E-state index in [2.05, 4.69) is 86.8 Å². The van der Waals surface area contributed by atoms with Gasteiger partial charge in [-0.3, -0.25) is 13.8 Å². The van der Waals surface area contributed by atoms with Crippen molar-refractivity contribution in [3.8, 4) is 0 Å². The number of hydrogen-bond donors (Lipinski definition) is 2. The third kappa shape index (κ3) is 52.8. The minimum Gasteiger partial charge on any atom is -0.457 e. The molecule has 0 fully saturated rings. The van der Waals surface area contributed by atoms with E-state index >= 15 is 0 Å². The van der Waals surface area contributed by atoms with Gasteiger partial charge in [0.2, 0.25) is 0 Å². The van der Waals surface area contributed by atoms with Gasteiger partial charge in [-0.1, -0.05) is 241 Å². The predicted molar refractivity (Wildman–Crippen MR) is 279 cm³/mol. The molecule has 0 amide bonds. The van der Waals surface area contributed by atoms with Gasteiger partial charge in [0.1, 0.15) is 6.10 Å². The Balaban J connectivity index is 3.97. The van der Waals surface area contributed by atoms with Gasteiger partial charge in [-0.15, -0.1) is 0 Å². The summed E-state index contributed by atoms with van der Waals surface area (Å²) >= 11 is 0. The molecule has 0 aliphatic heterocycles. The quantitative estimate of drug-likeness (QED) is 0.0268. The lowest BCUT2D eigenvalue weighted by atomic mass is 10.0. The molecular weight excluding hydrogens is 830 g/mol. The van der Waals surface area contributed by atoms with E-state index in [4.69, 9.17) is 24.3 Å². The standard InChI is InChI=1S/C56H102NO7P/c1-3-5-7-9-11-13-15-17-19-21-23-25-26-27-28-30-32-34-36-38-40-42-44-46-48-51-61-53-55(54-63-65(59,60)62-52-50-57)64-56(58)49-47-45-43-41-39-37-35-33-31-29-24-22-20-18-16-14-12-10-8-6-4-2/h6,8,12,14,18,20,24,29,33,35,39,41,55H,3-5,7,9-11,13,15-17,19,21-23,25-28,30-32,34,36-38,40,42-54,57H2,1-2H3,(H,59,60)/b8-6-,14-12-,20-18-,29-24-,35-33-,41-39-. The second-order valence-corrected chi connectivity index (χ2v) is 19.2. The van der Waals surface area contributed by atoms with Crippen LogP contribution in [-0.4, -0.2) is 49.9 Å². The number of rotatable bonds is 51. The molecule has 0 saturated heterocycles. The summed E-state index contributed by atoms with van der Waals surface area (Å²) in [6.07, 6.45) is 68.1. The lowest BCUT2D eigenvalue weighted by molar-refractivity contribution is -0.154. The van der Waals surface area contributed by atoms with Crippen molar-refractivity contribution in [3.05, 3.63) is 72.9 Å². The highest BCUT2D eigenvalue weighted by Gasteiger charge is 2.25. The maximum absolute atomic E-state index is 12.6. The van der Waals surface area contributed by atoms with E-state index in [1.807, 2.05) is 0 Å². The summed E-state index contributed by atoms with van der Waals surface area (Å²) in [4.78, 5) is 22.6. The molecule has 378 valence electrons. The van der Waals surface area contributed by atoms with Gasteiger partial charge in [0.25, 0.3) is 0 Å². The van der Waals surface area contributed by atoms with Crippen molar-refractivity contribution in [2.75, 3.05) is 33.0 Å². The average Bonchev–Trinajstić information content (AvgIpc) is 3.30. The number of ether oxygens (including phenoxy) is 2. The average molecular weight is 932 g/mol. The van der Waals surface area contributed by atoms with Crippen LogP contribution in [0.1, 0.15) is 239 Å². The molecule has 0 bridgehead atoms. The maximum Gasteiger partial charge on any atom is 0.472 e. The Morgan fingerprint density at radius 2 is 0.862 bits per heavy atom. The first-order valence-electron chi connectivity index (χ1n) is 26.9. The monoisotopic (exact) mass is 932 g/mol. The molecule has 0 saturated carbocycles. The van der Waals surface area contributed by atoms with Crippen molar-refractivity contribution in [2.24, 2.45) is 5.73 Å². The Morgan fingerprint density at radius 3 is 1.26 bits per heavy atom. The number of carbonyl (C=O) groups is 1. The van der Waals surface area contributed by atoms with Gasteiger partial charge in [-0.05, 0) is 64.2 Å². The number of phosphoric ester groups is 1. The summed E-state index contributed by atoms with van der Waals surface area (Å²) in [7, 11) is -4.30. The summed E-state index contributed by atoms with van der Waals surface area (Å²) in [6.45, 7) is 4.78. The minimum atomic E-state index is -4.30. The number of nitrogens with two attached hydrogens (primary N) is 1. The summed E-state index contributed by atoms with van der Waals surface area (Å²) in [6, 6.07) is 0. The van der Waals surface area contributed by atoms with Crippen molar-refractivity contribution < 1.29 is 32.8 Å². The molecule has 0 aromatic rings. The fraction of sp³-hybridized carbons (Fsp3) is 0.768. The molecule has 0 aliphatic rings. The molecule has 0 aromatic carbocycles. The summed E-state index contributed by atoms with van der Waals surface area (Å²) < 4.78 is 33.6. The number of esters is 1. The van der Waals surface area contributed by atoms with E-state index in [1.54, 1.807) is 0 Å². The smallest absolute Gasteiger partial charge is 0.457 e. The van der Waals surface area contributed by atoms with Crippen LogP contribution in [0.2, 0.25) is 0 Å². The molecule has 0 spiro atoms. The zero-order chi connectivity index (χ0) is 47.3. The van der Waals surface area contributed by atoms with Crippen LogP contribution in [0.25, 0.3) is 0 Å². The topological polar surface area (TPSA) is 117 Å². The van der Waals surface area contributed by atoms with Gasteiger partial charge in [-0.2, -0.15) is 0 Å². The Bertz CT molecular complexity index is 1230. The molecule has 9 heteroatoms. The maximum atomic E-state index is 12.6. The first kappa shape index (κ1) is 62.9. The SMILES string of the molecule is CC/C=C\C/C=C\C/C=C\C/C=C\C/C=C\C/C=C\CCCCC(=O)OC(COCCCCCCCCCCCCCCCCCCCCCCCCCCC)COP(=O)(O)OCCN. The van der Waals surface area contributed by atoms with Crippen molar-refractivity contribution in [2.45, 2.75) is 245 Å². The van der Waals surface area contributed by atoms with Crippen molar-refractivity contribution >= 4 is 13.8 Å². The van der Waals surface area contributed by atoms with Crippen LogP contribution in [0, 0.1) is 0 Å². The van der Waals surface area contributed by atoms with Crippen LogP contribution in [0.5, 0.6) is 0 Å². The van der Waals surface area contributed by atoms with E-state index in [0.717, 1.165) is 64.2 Å². The van der Waals surface area contributed by atoms with Gasteiger partial charge in [0.15, 0.2) is 0 Å². The highest BCUT2D eigenvalue weighted by Crippen LogP contribution is 2.43. The lowest BCUT2D eigenvalue weighted by Gasteiger charge is -2.20. The van der Waals surface area contributed by atoms with E-state index in [9.17, 15) is 14.3 Å². The van der Waals surface area contributed by atoms with Gasteiger partial charge in [0, 0.05) is 19.6 Å². The predicted octanol–water partition coefficient (Wildman–Crippen LogP) is 17.0. The van der Waals surface area contributed by atoms with Crippen LogP contribution in [0.4, 0.5) is 0 Å². The third-order valence-electron chi connectivity index (χ3n) is 11.4.